The summed E-state index contributed by atoms with van der Waals surface area (Å²) in [6, 6.07) is 17.8. The number of carbonyl (C=O) groups is 1. The molecule has 0 radical (unpaired) electrons. The van der Waals surface area contributed by atoms with Crippen LogP contribution in [0.3, 0.4) is 0 Å². The number of nitrogens with one attached hydrogen (secondary N) is 1. The van der Waals surface area contributed by atoms with Crippen molar-refractivity contribution in [2.45, 2.75) is 18.7 Å². The van der Waals surface area contributed by atoms with Gasteiger partial charge in [-0.05, 0) is 68.4 Å². The fourth-order valence-corrected chi connectivity index (χ4v) is 4.72. The SMILES string of the molecule is CCOc1ccc(NC(=O)CN(c2cc(Cl)ccc2OC)S(=O)(=O)c2ccc(C)cc2)cc1. The minimum Gasteiger partial charge on any atom is -0.495 e. The molecule has 3 rings (SSSR count). The van der Waals surface area contributed by atoms with Crippen molar-refractivity contribution in [1.29, 1.82) is 0 Å². The van der Waals surface area contributed by atoms with E-state index in [-0.39, 0.29) is 16.3 Å². The number of halogens is 1. The van der Waals surface area contributed by atoms with Gasteiger partial charge in [-0.3, -0.25) is 9.10 Å². The van der Waals surface area contributed by atoms with Gasteiger partial charge in [-0.15, -0.1) is 0 Å². The van der Waals surface area contributed by atoms with E-state index in [1.54, 1.807) is 48.5 Å². The smallest absolute Gasteiger partial charge is 0.264 e. The molecule has 0 aliphatic rings. The topological polar surface area (TPSA) is 84.9 Å². The van der Waals surface area contributed by atoms with Crippen molar-refractivity contribution < 1.29 is 22.7 Å². The third-order valence-electron chi connectivity index (χ3n) is 4.75. The van der Waals surface area contributed by atoms with Crippen LogP contribution in [-0.4, -0.2) is 34.6 Å². The number of benzene rings is 3. The summed E-state index contributed by atoms with van der Waals surface area (Å²) in [5.74, 6) is 0.406. The third-order valence-corrected chi connectivity index (χ3v) is 6.76. The molecule has 174 valence electrons. The van der Waals surface area contributed by atoms with Crippen LogP contribution in [0.1, 0.15) is 12.5 Å². The first-order valence-corrected chi connectivity index (χ1v) is 12.0. The van der Waals surface area contributed by atoms with Crippen molar-refractivity contribution in [2.24, 2.45) is 0 Å². The number of anilines is 2. The summed E-state index contributed by atoms with van der Waals surface area (Å²) in [4.78, 5) is 12.9. The molecule has 0 bridgehead atoms. The summed E-state index contributed by atoms with van der Waals surface area (Å²) in [5.41, 5.74) is 1.58. The van der Waals surface area contributed by atoms with E-state index in [2.05, 4.69) is 5.32 Å². The van der Waals surface area contributed by atoms with Crippen LogP contribution < -0.4 is 19.1 Å². The first-order chi connectivity index (χ1) is 15.7. The maximum Gasteiger partial charge on any atom is 0.264 e. The Labute approximate surface area is 198 Å². The molecule has 0 aromatic heterocycles. The minimum atomic E-state index is -4.11. The lowest BCUT2D eigenvalue weighted by Gasteiger charge is -2.26. The summed E-state index contributed by atoms with van der Waals surface area (Å²) in [7, 11) is -2.69. The van der Waals surface area contributed by atoms with Crippen molar-refractivity contribution in [1.82, 2.24) is 0 Å². The van der Waals surface area contributed by atoms with E-state index >= 15 is 0 Å². The largest absolute Gasteiger partial charge is 0.495 e. The van der Waals surface area contributed by atoms with Gasteiger partial charge in [0.15, 0.2) is 0 Å². The molecule has 0 unspecified atom stereocenters. The Hall–Kier alpha value is -3.23. The lowest BCUT2D eigenvalue weighted by atomic mass is 10.2. The Morgan fingerprint density at radius 3 is 2.30 bits per heavy atom. The van der Waals surface area contributed by atoms with Crippen LogP contribution >= 0.6 is 11.6 Å². The quantitative estimate of drug-likeness (QED) is 0.463. The van der Waals surface area contributed by atoms with Crippen LogP contribution in [0.5, 0.6) is 11.5 Å². The van der Waals surface area contributed by atoms with Crippen LogP contribution in [0, 0.1) is 6.92 Å². The van der Waals surface area contributed by atoms with Gasteiger partial charge in [-0.25, -0.2) is 8.42 Å². The number of hydrogen-bond acceptors (Lipinski definition) is 5. The molecule has 0 saturated carbocycles. The molecular formula is C24H25ClN2O5S. The number of nitrogens with zero attached hydrogens (tertiary/aromatic N) is 1. The molecule has 33 heavy (non-hydrogen) atoms. The number of sulfonamides is 1. The highest BCUT2D eigenvalue weighted by Crippen LogP contribution is 2.35. The van der Waals surface area contributed by atoms with Gasteiger partial charge in [0.2, 0.25) is 5.91 Å². The molecule has 1 N–H and O–H groups in total. The highest BCUT2D eigenvalue weighted by Gasteiger charge is 2.29. The van der Waals surface area contributed by atoms with Gasteiger partial charge in [-0.1, -0.05) is 29.3 Å². The van der Waals surface area contributed by atoms with E-state index in [1.165, 1.54) is 25.3 Å². The van der Waals surface area contributed by atoms with E-state index < -0.39 is 22.5 Å². The Balaban J connectivity index is 1.96. The van der Waals surface area contributed by atoms with Crippen LogP contribution in [0.2, 0.25) is 5.02 Å². The van der Waals surface area contributed by atoms with E-state index in [0.717, 1.165) is 9.87 Å². The van der Waals surface area contributed by atoms with Gasteiger partial charge in [0.1, 0.15) is 18.0 Å². The molecule has 0 spiro atoms. The van der Waals surface area contributed by atoms with Crippen LogP contribution in [0.25, 0.3) is 0 Å². The van der Waals surface area contributed by atoms with Gasteiger partial charge in [0.25, 0.3) is 10.0 Å². The van der Waals surface area contributed by atoms with E-state index in [0.29, 0.717) is 23.1 Å². The molecule has 9 heteroatoms. The fourth-order valence-electron chi connectivity index (χ4n) is 3.13. The number of ether oxygens (including phenoxy) is 2. The molecule has 7 nitrogen and oxygen atoms in total. The van der Waals surface area contributed by atoms with Gasteiger partial charge in [-0.2, -0.15) is 0 Å². The molecule has 0 atom stereocenters. The molecule has 0 heterocycles. The fraction of sp³-hybridized carbons (Fsp3) is 0.208. The van der Waals surface area contributed by atoms with Gasteiger partial charge < -0.3 is 14.8 Å². The zero-order chi connectivity index (χ0) is 24.0. The van der Waals surface area contributed by atoms with Crippen molar-refractivity contribution in [2.75, 3.05) is 29.9 Å². The Kier molecular flexibility index (Phi) is 7.84. The summed E-state index contributed by atoms with van der Waals surface area (Å²) in [6.45, 7) is 3.78. The maximum absolute atomic E-state index is 13.6. The van der Waals surface area contributed by atoms with Gasteiger partial charge in [0.05, 0.1) is 24.3 Å². The van der Waals surface area contributed by atoms with Crippen LogP contribution in [0.15, 0.2) is 71.6 Å². The Morgan fingerprint density at radius 1 is 1.03 bits per heavy atom. The van der Waals surface area contributed by atoms with Gasteiger partial charge in [0, 0.05) is 10.7 Å². The van der Waals surface area contributed by atoms with E-state index in [4.69, 9.17) is 21.1 Å². The first kappa shape index (κ1) is 24.4. The highest BCUT2D eigenvalue weighted by atomic mass is 35.5. The van der Waals surface area contributed by atoms with E-state index in [9.17, 15) is 13.2 Å². The number of methoxy groups -OCH3 is 1. The molecule has 3 aromatic rings. The molecule has 0 saturated heterocycles. The lowest BCUT2D eigenvalue weighted by molar-refractivity contribution is -0.114. The number of aryl methyl sites for hydroxylation is 1. The number of hydrogen-bond donors (Lipinski definition) is 1. The Bertz CT molecular complexity index is 1210. The number of carbonyl (C=O) groups excluding carboxylic acids is 1. The predicted octanol–water partition coefficient (Wildman–Crippen LogP) is 4.89. The maximum atomic E-state index is 13.6. The Morgan fingerprint density at radius 2 is 1.70 bits per heavy atom. The molecule has 0 aliphatic carbocycles. The summed E-state index contributed by atoms with van der Waals surface area (Å²) >= 11 is 6.15. The van der Waals surface area contributed by atoms with E-state index in [1.807, 2.05) is 13.8 Å². The summed E-state index contributed by atoms with van der Waals surface area (Å²) < 4.78 is 38.9. The zero-order valence-electron chi connectivity index (χ0n) is 18.5. The normalized spacial score (nSPS) is 11.0. The molecule has 3 aromatic carbocycles. The highest BCUT2D eigenvalue weighted by molar-refractivity contribution is 7.92. The molecule has 0 fully saturated rings. The number of amides is 1. The molecule has 1 amide bonds. The van der Waals surface area contributed by atoms with Crippen molar-refractivity contribution in [3.8, 4) is 11.5 Å². The minimum absolute atomic E-state index is 0.0454. The van der Waals surface area contributed by atoms with Crippen molar-refractivity contribution >= 4 is 38.9 Å². The third kappa shape index (κ3) is 5.97. The zero-order valence-corrected chi connectivity index (χ0v) is 20.1. The van der Waals surface area contributed by atoms with Crippen LogP contribution in [-0.2, 0) is 14.8 Å². The first-order valence-electron chi connectivity index (χ1n) is 10.2. The second-order valence-electron chi connectivity index (χ2n) is 7.15. The van der Waals surface area contributed by atoms with Crippen molar-refractivity contribution in [3.05, 3.63) is 77.3 Å². The van der Waals surface area contributed by atoms with Crippen molar-refractivity contribution in [3.63, 3.8) is 0 Å². The average molecular weight is 489 g/mol. The lowest BCUT2D eigenvalue weighted by Crippen LogP contribution is -2.38. The second-order valence-corrected chi connectivity index (χ2v) is 9.45. The molecule has 0 aliphatic heterocycles. The van der Waals surface area contributed by atoms with Crippen LogP contribution in [0.4, 0.5) is 11.4 Å². The number of rotatable bonds is 9. The second kappa shape index (κ2) is 10.6. The monoisotopic (exact) mass is 488 g/mol. The summed E-state index contributed by atoms with van der Waals surface area (Å²) in [5, 5.41) is 3.03. The average Bonchev–Trinajstić information content (AvgIpc) is 2.79. The summed E-state index contributed by atoms with van der Waals surface area (Å²) in [6.07, 6.45) is 0. The van der Waals surface area contributed by atoms with Gasteiger partial charge >= 0.3 is 0 Å². The predicted molar refractivity (Wildman–Crippen MR) is 130 cm³/mol. The standard InChI is InChI=1S/C24H25ClN2O5S/c1-4-32-20-10-8-19(9-11-20)26-24(28)16-27(22-15-18(25)7-14-23(22)31-3)33(29,30)21-12-5-17(2)6-13-21/h5-15H,4,16H2,1-3H3,(H,26,28). The molecular weight excluding hydrogens is 464 g/mol.